The van der Waals surface area contributed by atoms with Gasteiger partial charge in [-0.05, 0) is 44.4 Å². The van der Waals surface area contributed by atoms with Crippen molar-refractivity contribution in [3.63, 3.8) is 0 Å². The van der Waals surface area contributed by atoms with Gasteiger partial charge in [0.1, 0.15) is 6.04 Å². The number of fused-ring (bicyclic) bond motifs is 3. The number of hydrogen-bond donors (Lipinski definition) is 1. The van der Waals surface area contributed by atoms with Crippen LogP contribution in [0.1, 0.15) is 46.5 Å². The number of alkyl carbamates (subject to hydrolysis) is 1. The summed E-state index contributed by atoms with van der Waals surface area (Å²) in [4.78, 5) is 26.3. The van der Waals surface area contributed by atoms with Crippen molar-refractivity contribution >= 4 is 12.0 Å². The number of carbonyl (C=O) groups is 2. The van der Waals surface area contributed by atoms with Crippen LogP contribution in [-0.2, 0) is 9.53 Å². The normalized spacial score (nSPS) is 30.2. The number of rotatable bonds is 3. The molecule has 20 heavy (non-hydrogen) atoms. The van der Waals surface area contributed by atoms with Gasteiger partial charge in [0, 0.05) is 12.1 Å². The van der Waals surface area contributed by atoms with E-state index < -0.39 is 12.1 Å². The molecule has 0 aromatic carbocycles. The molecule has 0 radical (unpaired) electrons. The summed E-state index contributed by atoms with van der Waals surface area (Å²) in [6, 6.07) is 0.142. The van der Waals surface area contributed by atoms with Crippen LogP contribution >= 0.6 is 0 Å². The van der Waals surface area contributed by atoms with Crippen LogP contribution in [0.2, 0.25) is 0 Å². The van der Waals surface area contributed by atoms with Gasteiger partial charge < -0.3 is 15.0 Å². The predicted molar refractivity (Wildman–Crippen MR) is 76.2 cm³/mol. The minimum absolute atomic E-state index is 0.0484. The molecule has 2 aliphatic heterocycles. The third-order valence-electron chi connectivity index (χ3n) is 4.90. The van der Waals surface area contributed by atoms with Gasteiger partial charge in [-0.1, -0.05) is 13.8 Å². The summed E-state index contributed by atoms with van der Waals surface area (Å²) in [6.07, 6.45) is 4.12. The zero-order chi connectivity index (χ0) is 14.9. The van der Waals surface area contributed by atoms with Gasteiger partial charge in [-0.25, -0.2) is 4.79 Å². The van der Waals surface area contributed by atoms with Crippen molar-refractivity contribution in [2.45, 2.75) is 64.6 Å². The summed E-state index contributed by atoms with van der Waals surface area (Å²) >= 11 is 0. The molecule has 3 aliphatic rings. The lowest BCUT2D eigenvalue weighted by Crippen LogP contribution is -2.61. The Morgan fingerprint density at radius 1 is 1.20 bits per heavy atom. The third kappa shape index (κ3) is 2.76. The molecule has 1 N–H and O–H groups in total. The molecule has 0 aromatic rings. The van der Waals surface area contributed by atoms with Crippen molar-refractivity contribution in [2.24, 2.45) is 11.8 Å². The molecule has 0 unspecified atom stereocenters. The first-order valence-electron chi connectivity index (χ1n) is 7.62. The molecule has 0 spiro atoms. The van der Waals surface area contributed by atoms with Crippen LogP contribution in [0.25, 0.3) is 0 Å². The van der Waals surface area contributed by atoms with Gasteiger partial charge >= 0.3 is 6.09 Å². The highest BCUT2D eigenvalue weighted by Crippen LogP contribution is 2.39. The summed E-state index contributed by atoms with van der Waals surface area (Å²) in [5.41, 5.74) is 0. The van der Waals surface area contributed by atoms with E-state index in [1.54, 1.807) is 0 Å². The summed E-state index contributed by atoms with van der Waals surface area (Å²) in [6.45, 7) is 6.04. The Morgan fingerprint density at radius 3 is 2.25 bits per heavy atom. The molecule has 114 valence electrons. The number of nitrogens with one attached hydrogen (secondary N) is 1. The van der Waals surface area contributed by atoms with Crippen LogP contribution in [0.4, 0.5) is 4.79 Å². The van der Waals surface area contributed by atoms with Crippen LogP contribution < -0.4 is 5.32 Å². The monoisotopic (exact) mass is 282 g/mol. The van der Waals surface area contributed by atoms with E-state index in [2.05, 4.69) is 17.0 Å². The van der Waals surface area contributed by atoms with Gasteiger partial charge in [0.15, 0.2) is 0 Å². The second kappa shape index (κ2) is 6.02. The van der Waals surface area contributed by atoms with E-state index in [1.165, 1.54) is 20.0 Å². The quantitative estimate of drug-likeness (QED) is 0.863. The van der Waals surface area contributed by atoms with Crippen molar-refractivity contribution in [2.75, 3.05) is 7.11 Å². The van der Waals surface area contributed by atoms with Crippen molar-refractivity contribution < 1.29 is 14.3 Å². The lowest BCUT2D eigenvalue weighted by Gasteiger charge is -2.51. The fourth-order valence-electron chi connectivity index (χ4n) is 3.66. The number of hydrogen-bond acceptors (Lipinski definition) is 3. The summed E-state index contributed by atoms with van der Waals surface area (Å²) in [5.74, 6) is 0.719. The van der Waals surface area contributed by atoms with Gasteiger partial charge in [0.25, 0.3) is 0 Å². The maximum absolute atomic E-state index is 12.8. The highest BCUT2D eigenvalue weighted by Gasteiger charge is 2.44. The SMILES string of the molecule is COC(=O)N[C@H](C(=O)N1C2CCC(CC2)[C@H]1C)C(C)C. The zero-order valence-electron chi connectivity index (χ0n) is 12.9. The van der Waals surface area contributed by atoms with Crippen molar-refractivity contribution in [3.05, 3.63) is 0 Å². The van der Waals surface area contributed by atoms with Crippen LogP contribution in [0, 0.1) is 11.8 Å². The maximum atomic E-state index is 12.8. The Kier molecular flexibility index (Phi) is 4.55. The van der Waals surface area contributed by atoms with Gasteiger partial charge in [0.05, 0.1) is 7.11 Å². The Labute approximate surface area is 121 Å². The van der Waals surface area contributed by atoms with E-state index in [4.69, 9.17) is 0 Å². The molecule has 2 amide bonds. The Hall–Kier alpha value is -1.26. The molecule has 0 aromatic heterocycles. The van der Waals surface area contributed by atoms with E-state index in [-0.39, 0.29) is 17.9 Å². The first kappa shape index (κ1) is 15.1. The molecular formula is C15H26N2O3. The summed E-state index contributed by atoms with van der Waals surface area (Å²) < 4.78 is 4.64. The topological polar surface area (TPSA) is 58.6 Å². The number of ether oxygens (including phenoxy) is 1. The fraction of sp³-hybridized carbons (Fsp3) is 0.867. The van der Waals surface area contributed by atoms with Crippen molar-refractivity contribution in [1.29, 1.82) is 0 Å². The molecule has 2 bridgehead atoms. The van der Waals surface area contributed by atoms with Gasteiger partial charge in [-0.3, -0.25) is 4.79 Å². The van der Waals surface area contributed by atoms with E-state index in [0.29, 0.717) is 12.0 Å². The molecule has 5 heteroatoms. The number of amides is 2. The molecule has 2 saturated heterocycles. The van der Waals surface area contributed by atoms with Crippen LogP contribution in [0.5, 0.6) is 0 Å². The molecule has 2 atom stereocenters. The number of carbonyl (C=O) groups excluding carboxylic acids is 2. The van der Waals surface area contributed by atoms with Gasteiger partial charge in [0.2, 0.25) is 5.91 Å². The number of nitrogens with zero attached hydrogens (tertiary/aromatic N) is 1. The second-order valence-electron chi connectivity index (χ2n) is 6.41. The molecule has 3 rings (SSSR count). The van der Waals surface area contributed by atoms with E-state index in [9.17, 15) is 9.59 Å². The molecule has 1 aliphatic carbocycles. The molecule has 2 heterocycles. The first-order chi connectivity index (χ1) is 9.45. The summed E-state index contributed by atoms with van der Waals surface area (Å²) in [7, 11) is 1.32. The minimum Gasteiger partial charge on any atom is -0.453 e. The third-order valence-corrected chi connectivity index (χ3v) is 4.90. The second-order valence-corrected chi connectivity index (χ2v) is 6.41. The van der Waals surface area contributed by atoms with Crippen molar-refractivity contribution in [1.82, 2.24) is 10.2 Å². The minimum atomic E-state index is -0.535. The zero-order valence-corrected chi connectivity index (χ0v) is 12.9. The highest BCUT2D eigenvalue weighted by molar-refractivity contribution is 5.86. The Bertz CT molecular complexity index is 373. The van der Waals surface area contributed by atoms with Crippen LogP contribution in [0.3, 0.4) is 0 Å². The molecular weight excluding hydrogens is 256 g/mol. The number of piperidine rings is 2. The van der Waals surface area contributed by atoms with E-state index in [0.717, 1.165) is 12.8 Å². The largest absolute Gasteiger partial charge is 0.453 e. The van der Waals surface area contributed by atoms with E-state index >= 15 is 0 Å². The average molecular weight is 282 g/mol. The van der Waals surface area contributed by atoms with Crippen LogP contribution in [-0.4, -0.2) is 42.1 Å². The summed E-state index contributed by atoms with van der Waals surface area (Å²) in [5, 5.41) is 2.69. The standard InChI is InChI=1S/C15H26N2O3/c1-9(2)13(16-15(19)20-4)14(18)17-10(3)11-5-7-12(17)8-6-11/h9-13H,5-8H2,1-4H3,(H,16,19)/t10-,11?,12?,13+/m1/s1. The molecule has 3 fully saturated rings. The fourth-order valence-corrected chi connectivity index (χ4v) is 3.66. The maximum Gasteiger partial charge on any atom is 0.407 e. The average Bonchev–Trinajstić information content (AvgIpc) is 2.44. The van der Waals surface area contributed by atoms with Gasteiger partial charge in [-0.15, -0.1) is 0 Å². The van der Waals surface area contributed by atoms with Crippen molar-refractivity contribution in [3.8, 4) is 0 Å². The lowest BCUT2D eigenvalue weighted by molar-refractivity contribution is -0.147. The highest BCUT2D eigenvalue weighted by atomic mass is 16.5. The van der Waals surface area contributed by atoms with Gasteiger partial charge in [-0.2, -0.15) is 0 Å². The molecule has 1 saturated carbocycles. The first-order valence-corrected chi connectivity index (χ1v) is 7.62. The Balaban J connectivity index is 2.12. The Morgan fingerprint density at radius 2 is 1.80 bits per heavy atom. The molecule has 5 nitrogen and oxygen atoms in total. The van der Waals surface area contributed by atoms with Crippen LogP contribution in [0.15, 0.2) is 0 Å². The lowest BCUT2D eigenvalue weighted by atomic mass is 9.74. The van der Waals surface area contributed by atoms with E-state index in [1.807, 2.05) is 18.7 Å². The predicted octanol–water partition coefficient (Wildman–Crippen LogP) is 2.16. The number of methoxy groups -OCH3 is 1. The smallest absolute Gasteiger partial charge is 0.407 e.